The fourth-order valence-electron chi connectivity index (χ4n) is 3.08. The highest BCUT2D eigenvalue weighted by Gasteiger charge is 2.32. The highest BCUT2D eigenvalue weighted by molar-refractivity contribution is 6.32. The van der Waals surface area contributed by atoms with Crippen LogP contribution in [-0.2, 0) is 9.53 Å². The Labute approximate surface area is 155 Å². The van der Waals surface area contributed by atoms with E-state index in [0.717, 1.165) is 12.1 Å². The lowest BCUT2D eigenvalue weighted by Crippen LogP contribution is -2.48. The minimum Gasteiger partial charge on any atom is -0.480 e. The van der Waals surface area contributed by atoms with E-state index in [9.17, 15) is 14.7 Å². The van der Waals surface area contributed by atoms with Gasteiger partial charge in [-0.2, -0.15) is 5.10 Å². The van der Waals surface area contributed by atoms with Gasteiger partial charge in [-0.15, -0.1) is 0 Å². The lowest BCUT2D eigenvalue weighted by atomic mass is 9.93. The van der Waals surface area contributed by atoms with Crippen molar-refractivity contribution >= 4 is 23.5 Å². The summed E-state index contributed by atoms with van der Waals surface area (Å²) < 4.78 is 6.91. The van der Waals surface area contributed by atoms with Crippen LogP contribution >= 0.6 is 11.6 Å². The smallest absolute Gasteiger partial charge is 0.326 e. The van der Waals surface area contributed by atoms with Crippen LogP contribution in [0.4, 0.5) is 0 Å². The van der Waals surface area contributed by atoms with Crippen molar-refractivity contribution < 1.29 is 19.4 Å². The molecule has 0 spiro atoms. The predicted molar refractivity (Wildman–Crippen MR) is 95.7 cm³/mol. The molecule has 1 amide bonds. The summed E-state index contributed by atoms with van der Waals surface area (Å²) in [6.45, 7) is 2.75. The fourth-order valence-corrected chi connectivity index (χ4v) is 3.29. The van der Waals surface area contributed by atoms with Crippen LogP contribution in [0.3, 0.4) is 0 Å². The van der Waals surface area contributed by atoms with Gasteiger partial charge in [0.2, 0.25) is 0 Å². The molecule has 8 heteroatoms. The molecule has 0 aliphatic carbocycles. The van der Waals surface area contributed by atoms with Crippen molar-refractivity contribution in [3.63, 3.8) is 0 Å². The zero-order valence-electron chi connectivity index (χ0n) is 14.3. The number of rotatable bonds is 5. The largest absolute Gasteiger partial charge is 0.480 e. The summed E-state index contributed by atoms with van der Waals surface area (Å²) in [5, 5.41) is 16.9. The molecule has 7 nitrogen and oxygen atoms in total. The third kappa shape index (κ3) is 3.89. The molecular formula is C18H20ClN3O4. The highest BCUT2D eigenvalue weighted by Crippen LogP contribution is 2.22. The Balaban J connectivity index is 1.80. The molecule has 2 unspecified atom stereocenters. The fraction of sp³-hybridized carbons (Fsp3) is 0.389. The number of halogens is 1. The Morgan fingerprint density at radius 2 is 2.19 bits per heavy atom. The maximum Gasteiger partial charge on any atom is 0.326 e. The summed E-state index contributed by atoms with van der Waals surface area (Å²) in [4.78, 5) is 24.2. The van der Waals surface area contributed by atoms with Crippen LogP contribution in [-0.4, -0.2) is 46.0 Å². The van der Waals surface area contributed by atoms with Crippen LogP contribution < -0.4 is 5.32 Å². The van der Waals surface area contributed by atoms with E-state index in [1.54, 1.807) is 29.8 Å². The van der Waals surface area contributed by atoms with E-state index in [2.05, 4.69) is 10.4 Å². The van der Waals surface area contributed by atoms with Gasteiger partial charge in [0.1, 0.15) is 6.04 Å². The number of aliphatic carboxylic acids is 1. The number of ether oxygens (including phenoxy) is 1. The number of aryl methyl sites for hydroxylation is 1. The Morgan fingerprint density at radius 1 is 1.42 bits per heavy atom. The van der Waals surface area contributed by atoms with Gasteiger partial charge in [-0.05, 0) is 38.0 Å². The molecule has 0 bridgehead atoms. The lowest BCUT2D eigenvalue weighted by Gasteiger charge is -2.27. The minimum absolute atomic E-state index is 0.144. The van der Waals surface area contributed by atoms with Crippen molar-refractivity contribution in [1.29, 1.82) is 0 Å². The zero-order valence-corrected chi connectivity index (χ0v) is 15.1. The average molecular weight is 378 g/mol. The third-order valence-electron chi connectivity index (χ3n) is 4.42. The summed E-state index contributed by atoms with van der Waals surface area (Å²) in [6, 6.07) is 7.77. The summed E-state index contributed by atoms with van der Waals surface area (Å²) >= 11 is 6.19. The number of para-hydroxylation sites is 1. The van der Waals surface area contributed by atoms with Crippen LogP contribution in [0.25, 0.3) is 5.69 Å². The Hall–Kier alpha value is -2.38. The first-order valence-electron chi connectivity index (χ1n) is 8.40. The molecule has 1 aromatic carbocycles. The molecule has 1 saturated heterocycles. The van der Waals surface area contributed by atoms with Gasteiger partial charge in [0.15, 0.2) is 5.69 Å². The first-order chi connectivity index (χ1) is 12.5. The van der Waals surface area contributed by atoms with E-state index in [0.29, 0.717) is 30.3 Å². The summed E-state index contributed by atoms with van der Waals surface area (Å²) in [5.74, 6) is -1.86. The summed E-state index contributed by atoms with van der Waals surface area (Å²) in [7, 11) is 0. The van der Waals surface area contributed by atoms with Crippen molar-refractivity contribution in [3.8, 4) is 5.69 Å². The second-order valence-electron chi connectivity index (χ2n) is 6.30. The van der Waals surface area contributed by atoms with Crippen molar-refractivity contribution in [2.45, 2.75) is 25.8 Å². The number of nitrogens with zero attached hydrogens (tertiary/aromatic N) is 2. The maximum atomic E-state index is 12.6. The van der Waals surface area contributed by atoms with Gasteiger partial charge in [-0.3, -0.25) is 4.79 Å². The van der Waals surface area contributed by atoms with Gasteiger partial charge in [0, 0.05) is 18.2 Å². The Bertz CT molecular complexity index is 815. The number of carboxylic acids is 1. The number of nitrogens with one attached hydrogen (secondary N) is 1. The van der Waals surface area contributed by atoms with E-state index >= 15 is 0 Å². The van der Waals surface area contributed by atoms with Crippen molar-refractivity contribution in [2.75, 3.05) is 13.2 Å². The molecule has 1 aliphatic heterocycles. The number of amides is 1. The number of hydrogen-bond donors (Lipinski definition) is 2. The van der Waals surface area contributed by atoms with Gasteiger partial charge in [-0.25, -0.2) is 9.48 Å². The molecular weight excluding hydrogens is 358 g/mol. The Morgan fingerprint density at radius 3 is 2.85 bits per heavy atom. The number of carbonyl (C=O) groups is 2. The van der Waals surface area contributed by atoms with Gasteiger partial charge < -0.3 is 15.2 Å². The van der Waals surface area contributed by atoms with Crippen molar-refractivity contribution in [3.05, 3.63) is 46.7 Å². The molecule has 2 heterocycles. The molecule has 1 aromatic heterocycles. The minimum atomic E-state index is -1.07. The molecule has 2 aromatic rings. The van der Waals surface area contributed by atoms with E-state index in [1.807, 2.05) is 12.1 Å². The van der Waals surface area contributed by atoms with Crippen LogP contribution in [0.15, 0.2) is 30.3 Å². The van der Waals surface area contributed by atoms with Crippen LogP contribution in [0, 0.1) is 12.8 Å². The topological polar surface area (TPSA) is 93.5 Å². The van der Waals surface area contributed by atoms with Gasteiger partial charge in [0.05, 0.1) is 17.3 Å². The average Bonchev–Trinajstić information content (AvgIpc) is 3.02. The number of carbonyl (C=O) groups excluding carboxylic acids is 1. The number of hydrogen-bond acceptors (Lipinski definition) is 4. The highest BCUT2D eigenvalue weighted by atomic mass is 35.5. The molecule has 1 fully saturated rings. The predicted octanol–water partition coefficient (Wildman–Crippen LogP) is 2.44. The van der Waals surface area contributed by atoms with Crippen LogP contribution in [0.1, 0.15) is 29.0 Å². The SMILES string of the molecule is Cc1cc(C(=O)NC(C(=O)O)C2CCCOC2)nn1-c1ccccc1Cl. The molecule has 2 atom stereocenters. The van der Waals surface area contributed by atoms with E-state index < -0.39 is 17.9 Å². The monoisotopic (exact) mass is 377 g/mol. The third-order valence-corrected chi connectivity index (χ3v) is 4.74. The number of benzene rings is 1. The van der Waals surface area contributed by atoms with Gasteiger partial charge in [-0.1, -0.05) is 23.7 Å². The molecule has 26 heavy (non-hydrogen) atoms. The second kappa shape index (κ2) is 7.88. The lowest BCUT2D eigenvalue weighted by molar-refractivity contribution is -0.142. The molecule has 3 rings (SSSR count). The molecule has 1 aliphatic rings. The molecule has 0 radical (unpaired) electrons. The quantitative estimate of drug-likeness (QED) is 0.834. The normalized spacial score (nSPS) is 18.3. The number of carboxylic acid groups (broad SMARTS) is 1. The van der Waals surface area contributed by atoms with Gasteiger partial charge in [0.25, 0.3) is 5.91 Å². The summed E-state index contributed by atoms with van der Waals surface area (Å²) in [6.07, 6.45) is 1.48. The number of aromatic nitrogens is 2. The first-order valence-corrected chi connectivity index (χ1v) is 8.78. The summed E-state index contributed by atoms with van der Waals surface area (Å²) in [5.41, 5.74) is 1.52. The van der Waals surface area contributed by atoms with Crippen LogP contribution in [0.5, 0.6) is 0 Å². The van der Waals surface area contributed by atoms with E-state index in [1.165, 1.54) is 0 Å². The standard InChI is InChI=1S/C18H20ClN3O4/c1-11-9-14(21-22(11)15-7-3-2-6-13(15)19)17(23)20-16(18(24)25)12-5-4-8-26-10-12/h2-3,6-7,9,12,16H,4-5,8,10H2,1H3,(H,20,23)(H,24,25). The Kier molecular flexibility index (Phi) is 5.58. The second-order valence-corrected chi connectivity index (χ2v) is 6.71. The van der Waals surface area contributed by atoms with E-state index in [4.69, 9.17) is 16.3 Å². The first kappa shape index (κ1) is 18.4. The molecule has 2 N–H and O–H groups in total. The maximum absolute atomic E-state index is 12.6. The molecule has 138 valence electrons. The van der Waals surface area contributed by atoms with Crippen molar-refractivity contribution in [2.24, 2.45) is 5.92 Å². The van der Waals surface area contributed by atoms with Gasteiger partial charge >= 0.3 is 5.97 Å². The van der Waals surface area contributed by atoms with Crippen molar-refractivity contribution in [1.82, 2.24) is 15.1 Å². The van der Waals surface area contributed by atoms with E-state index in [-0.39, 0.29) is 11.6 Å². The van der Waals surface area contributed by atoms with Crippen LogP contribution in [0.2, 0.25) is 5.02 Å². The molecule has 0 saturated carbocycles. The zero-order chi connectivity index (χ0) is 18.7.